The number of ether oxygens (including phenoxy) is 1. The number of rotatable bonds is 7. The van der Waals surface area contributed by atoms with Crippen LogP contribution in [0.15, 0.2) is 30.3 Å². The van der Waals surface area contributed by atoms with Gasteiger partial charge in [0.15, 0.2) is 6.61 Å². The van der Waals surface area contributed by atoms with E-state index in [0.717, 1.165) is 22.3 Å². The van der Waals surface area contributed by atoms with Gasteiger partial charge in [0.2, 0.25) is 0 Å². The van der Waals surface area contributed by atoms with Crippen LogP contribution in [0, 0.1) is 18.7 Å². The van der Waals surface area contributed by atoms with Crippen LogP contribution in [0.3, 0.4) is 0 Å². The van der Waals surface area contributed by atoms with Crippen LogP contribution < -0.4 is 5.32 Å². The minimum absolute atomic E-state index is 0.311. The monoisotopic (exact) mass is 403 g/mol. The number of thiophene rings is 1. The van der Waals surface area contributed by atoms with Crippen LogP contribution in [0.5, 0.6) is 0 Å². The molecular formula is C20H22FN3O3S. The Bertz CT molecular complexity index is 992. The smallest absolute Gasteiger partial charge is 0.348 e. The number of aryl methyl sites for hydroxylation is 1. The van der Waals surface area contributed by atoms with E-state index in [0.29, 0.717) is 23.0 Å². The Kier molecular flexibility index (Phi) is 6.08. The Morgan fingerprint density at radius 2 is 2.00 bits per heavy atom. The maximum absolute atomic E-state index is 13.2. The Labute approximate surface area is 166 Å². The lowest BCUT2D eigenvalue weighted by molar-refractivity contribution is -0.124. The molecule has 0 aliphatic rings. The van der Waals surface area contributed by atoms with Crippen LogP contribution in [0.1, 0.15) is 35.6 Å². The van der Waals surface area contributed by atoms with Crippen LogP contribution >= 0.6 is 11.3 Å². The van der Waals surface area contributed by atoms with Crippen molar-refractivity contribution in [1.82, 2.24) is 15.1 Å². The number of nitrogens with one attached hydrogen (secondary N) is 1. The quantitative estimate of drug-likeness (QED) is 0.608. The molecule has 28 heavy (non-hydrogen) atoms. The molecule has 0 fully saturated rings. The predicted octanol–water partition coefficient (Wildman–Crippen LogP) is 3.85. The minimum Gasteiger partial charge on any atom is -0.451 e. The molecule has 1 aromatic carbocycles. The van der Waals surface area contributed by atoms with Gasteiger partial charge in [0, 0.05) is 11.9 Å². The predicted molar refractivity (Wildman–Crippen MR) is 106 cm³/mol. The summed E-state index contributed by atoms with van der Waals surface area (Å²) in [6.07, 6.45) is 0.870. The average molecular weight is 403 g/mol. The molecule has 0 atom stereocenters. The van der Waals surface area contributed by atoms with Gasteiger partial charge in [0.25, 0.3) is 5.91 Å². The molecule has 0 aliphatic heterocycles. The van der Waals surface area contributed by atoms with E-state index >= 15 is 0 Å². The molecule has 3 aromatic rings. The largest absolute Gasteiger partial charge is 0.451 e. The van der Waals surface area contributed by atoms with E-state index in [1.165, 1.54) is 23.5 Å². The fraction of sp³-hybridized carbons (Fsp3) is 0.350. The standard InChI is InChI=1S/C20H22FN3O3S/c1-12(2)8-9-22-18(25)11-27-20(26)17-10-16-13(3)23-24(19(16)28-17)15-6-4-14(21)5-7-15/h4-7,10,12H,8-9,11H2,1-3H3,(H,22,25). The number of carbonyl (C=O) groups excluding carboxylic acids is 2. The number of hydrogen-bond acceptors (Lipinski definition) is 5. The van der Waals surface area contributed by atoms with E-state index in [-0.39, 0.29) is 18.3 Å². The summed E-state index contributed by atoms with van der Waals surface area (Å²) in [4.78, 5) is 25.3. The Morgan fingerprint density at radius 1 is 1.29 bits per heavy atom. The van der Waals surface area contributed by atoms with Crippen molar-refractivity contribution in [3.8, 4) is 5.69 Å². The lowest BCUT2D eigenvalue weighted by atomic mass is 10.1. The number of esters is 1. The summed E-state index contributed by atoms with van der Waals surface area (Å²) in [5, 5.41) is 8.01. The van der Waals surface area contributed by atoms with E-state index in [9.17, 15) is 14.0 Å². The maximum atomic E-state index is 13.2. The second-order valence-electron chi connectivity index (χ2n) is 6.91. The van der Waals surface area contributed by atoms with Crippen LogP contribution in [-0.2, 0) is 9.53 Å². The SMILES string of the molecule is Cc1nn(-c2ccc(F)cc2)c2sc(C(=O)OCC(=O)NCCC(C)C)cc12. The van der Waals surface area contributed by atoms with Crippen LogP contribution in [0.2, 0.25) is 0 Å². The highest BCUT2D eigenvalue weighted by Gasteiger charge is 2.19. The summed E-state index contributed by atoms with van der Waals surface area (Å²) in [5.41, 5.74) is 1.45. The van der Waals surface area contributed by atoms with Gasteiger partial charge in [-0.25, -0.2) is 13.9 Å². The van der Waals surface area contributed by atoms with E-state index in [4.69, 9.17) is 4.74 Å². The summed E-state index contributed by atoms with van der Waals surface area (Å²) in [6.45, 7) is 6.23. The summed E-state index contributed by atoms with van der Waals surface area (Å²) in [5.74, 6) is -0.703. The molecule has 1 amide bonds. The van der Waals surface area contributed by atoms with Gasteiger partial charge in [-0.15, -0.1) is 11.3 Å². The molecule has 1 N–H and O–H groups in total. The third-order valence-corrected chi connectivity index (χ3v) is 5.29. The zero-order valence-electron chi connectivity index (χ0n) is 16.0. The van der Waals surface area contributed by atoms with Gasteiger partial charge in [0.1, 0.15) is 15.5 Å². The van der Waals surface area contributed by atoms with Crippen LogP contribution in [-0.4, -0.2) is 34.8 Å². The number of amides is 1. The molecule has 0 saturated heterocycles. The Balaban J connectivity index is 1.70. The number of benzene rings is 1. The summed E-state index contributed by atoms with van der Waals surface area (Å²) >= 11 is 1.23. The topological polar surface area (TPSA) is 73.2 Å². The van der Waals surface area contributed by atoms with Gasteiger partial charge in [-0.2, -0.15) is 5.10 Å². The van der Waals surface area contributed by atoms with Gasteiger partial charge in [-0.05, 0) is 49.6 Å². The molecule has 0 spiro atoms. The highest BCUT2D eigenvalue weighted by atomic mass is 32.1. The average Bonchev–Trinajstić information content (AvgIpc) is 3.21. The maximum Gasteiger partial charge on any atom is 0.348 e. The zero-order valence-corrected chi connectivity index (χ0v) is 16.8. The van der Waals surface area contributed by atoms with Crippen LogP contribution in [0.4, 0.5) is 4.39 Å². The Morgan fingerprint density at radius 3 is 2.68 bits per heavy atom. The second-order valence-corrected chi connectivity index (χ2v) is 7.94. The molecule has 0 radical (unpaired) electrons. The molecule has 6 nitrogen and oxygen atoms in total. The normalized spacial score (nSPS) is 11.2. The molecule has 148 valence electrons. The fourth-order valence-electron chi connectivity index (χ4n) is 2.66. The third kappa shape index (κ3) is 4.56. The summed E-state index contributed by atoms with van der Waals surface area (Å²) in [6, 6.07) is 7.68. The molecule has 8 heteroatoms. The van der Waals surface area contributed by atoms with Crippen molar-refractivity contribution < 1.29 is 18.7 Å². The third-order valence-electron chi connectivity index (χ3n) is 4.20. The van der Waals surface area contributed by atoms with Crippen molar-refractivity contribution in [3.05, 3.63) is 46.7 Å². The molecule has 0 bridgehead atoms. The first kappa shape index (κ1) is 20.0. The van der Waals surface area contributed by atoms with E-state index in [2.05, 4.69) is 24.3 Å². The zero-order chi connectivity index (χ0) is 20.3. The van der Waals surface area contributed by atoms with Crippen molar-refractivity contribution in [3.63, 3.8) is 0 Å². The summed E-state index contributed by atoms with van der Waals surface area (Å²) in [7, 11) is 0. The van der Waals surface area contributed by atoms with Crippen molar-refractivity contribution in [2.24, 2.45) is 5.92 Å². The lowest BCUT2D eigenvalue weighted by Crippen LogP contribution is -2.30. The highest BCUT2D eigenvalue weighted by Crippen LogP contribution is 2.30. The second kappa shape index (κ2) is 8.52. The van der Waals surface area contributed by atoms with Gasteiger partial charge < -0.3 is 10.1 Å². The van der Waals surface area contributed by atoms with E-state index in [1.807, 2.05) is 6.92 Å². The van der Waals surface area contributed by atoms with Gasteiger partial charge in [-0.1, -0.05) is 13.8 Å². The van der Waals surface area contributed by atoms with Gasteiger partial charge in [0.05, 0.1) is 11.4 Å². The fourth-order valence-corrected chi connectivity index (χ4v) is 3.74. The van der Waals surface area contributed by atoms with E-state index < -0.39 is 5.97 Å². The number of carbonyl (C=O) groups is 2. The van der Waals surface area contributed by atoms with Gasteiger partial charge >= 0.3 is 5.97 Å². The van der Waals surface area contributed by atoms with Crippen molar-refractivity contribution >= 4 is 33.4 Å². The molecule has 0 unspecified atom stereocenters. The molecule has 3 rings (SSSR count). The van der Waals surface area contributed by atoms with Crippen molar-refractivity contribution in [2.45, 2.75) is 27.2 Å². The molecule has 2 heterocycles. The lowest BCUT2D eigenvalue weighted by Gasteiger charge is -2.07. The van der Waals surface area contributed by atoms with Crippen molar-refractivity contribution in [2.75, 3.05) is 13.2 Å². The first-order valence-electron chi connectivity index (χ1n) is 9.04. The first-order chi connectivity index (χ1) is 13.3. The number of hydrogen-bond donors (Lipinski definition) is 1. The number of halogens is 1. The number of nitrogens with zero attached hydrogens (tertiary/aromatic N) is 2. The minimum atomic E-state index is -0.551. The summed E-state index contributed by atoms with van der Waals surface area (Å²) < 4.78 is 20.0. The number of aromatic nitrogens is 2. The Hall–Kier alpha value is -2.74. The molecule has 2 aromatic heterocycles. The highest BCUT2D eigenvalue weighted by molar-refractivity contribution is 7.20. The van der Waals surface area contributed by atoms with Gasteiger partial charge in [-0.3, -0.25) is 4.79 Å². The molecular weight excluding hydrogens is 381 g/mol. The number of fused-ring (bicyclic) bond motifs is 1. The first-order valence-corrected chi connectivity index (χ1v) is 9.85. The van der Waals surface area contributed by atoms with Crippen LogP contribution in [0.25, 0.3) is 15.9 Å². The van der Waals surface area contributed by atoms with E-state index in [1.54, 1.807) is 22.9 Å². The molecule has 0 saturated carbocycles. The molecule has 0 aliphatic carbocycles. The van der Waals surface area contributed by atoms with Crippen molar-refractivity contribution in [1.29, 1.82) is 0 Å².